The maximum atomic E-state index is 11.0. The quantitative estimate of drug-likeness (QED) is 0.468. The molecule has 0 aliphatic rings. The number of hydrogen-bond acceptors (Lipinski definition) is 4. The molecule has 0 saturated heterocycles. The second-order valence-electron chi connectivity index (χ2n) is 4.28. The van der Waals surface area contributed by atoms with Crippen LogP contribution in [-0.2, 0) is 0 Å². The molecule has 1 heterocycles. The molecular weight excluding hydrogens is 244 g/mol. The van der Waals surface area contributed by atoms with Gasteiger partial charge in [-0.25, -0.2) is 0 Å². The lowest BCUT2D eigenvalue weighted by atomic mass is 10.1. The van der Waals surface area contributed by atoms with Crippen LogP contribution in [0.1, 0.15) is 12.8 Å². The summed E-state index contributed by atoms with van der Waals surface area (Å²) in [5.41, 5.74) is 5.37. The molecule has 0 aliphatic carbocycles. The third kappa shape index (κ3) is 2.97. The average Bonchev–Trinajstić information content (AvgIpc) is 2.43. The van der Waals surface area contributed by atoms with Gasteiger partial charge in [0.05, 0.1) is 22.5 Å². The zero-order valence-electron chi connectivity index (χ0n) is 10.6. The third-order valence-corrected chi connectivity index (χ3v) is 2.94. The number of aromatic nitrogens is 1. The molecule has 1 aromatic carbocycles. The van der Waals surface area contributed by atoms with E-state index in [2.05, 4.69) is 16.0 Å². The Hall–Kier alpha value is -2.21. The fourth-order valence-corrected chi connectivity index (χ4v) is 1.98. The Bertz CT molecular complexity index is 586. The van der Waals surface area contributed by atoms with Crippen molar-refractivity contribution in [1.82, 2.24) is 4.98 Å². The molecule has 100 valence electrons. The van der Waals surface area contributed by atoms with E-state index in [-0.39, 0.29) is 10.6 Å². The van der Waals surface area contributed by atoms with E-state index in [9.17, 15) is 10.1 Å². The summed E-state index contributed by atoms with van der Waals surface area (Å²) in [4.78, 5) is 14.8. The lowest BCUT2D eigenvalue weighted by Crippen LogP contribution is -2.50. The summed E-state index contributed by atoms with van der Waals surface area (Å²) >= 11 is 0. The fraction of sp³-hybridized carbons (Fsp3) is 0.308. The first-order valence-electron chi connectivity index (χ1n) is 6.29. The number of nitrogens with zero attached hydrogens (tertiary/aromatic N) is 2. The average molecular weight is 261 g/mol. The summed E-state index contributed by atoms with van der Waals surface area (Å²) in [6.45, 7) is 1.74. The number of unbranched alkanes of at least 4 members (excludes halogenated alkanes) is 1. The largest absolute Gasteiger partial charge is 0.383 e. The topological polar surface area (TPSA) is 95.7 Å². The molecule has 0 bridgehead atoms. The van der Waals surface area contributed by atoms with Crippen LogP contribution >= 0.6 is 0 Å². The number of pyridine rings is 1. The standard InChI is InChI=1S/C13H16N4O2/c14-7-1-2-8-15-11-5-6-12(17(18)19)10-4-3-9-16-13(10)11/h3-6,9,15H,1-2,7-8,14H2/p+1. The van der Waals surface area contributed by atoms with Crippen LogP contribution in [0.5, 0.6) is 0 Å². The highest BCUT2D eigenvalue weighted by Crippen LogP contribution is 2.29. The minimum Gasteiger partial charge on any atom is -0.383 e. The first-order chi connectivity index (χ1) is 9.24. The molecule has 4 N–H and O–H groups in total. The second kappa shape index (κ2) is 6.10. The highest BCUT2D eigenvalue weighted by atomic mass is 16.6. The van der Waals surface area contributed by atoms with Crippen molar-refractivity contribution in [2.75, 3.05) is 18.4 Å². The van der Waals surface area contributed by atoms with Crippen LogP contribution in [0.3, 0.4) is 0 Å². The zero-order chi connectivity index (χ0) is 13.7. The zero-order valence-corrected chi connectivity index (χ0v) is 10.6. The molecule has 19 heavy (non-hydrogen) atoms. The predicted molar refractivity (Wildman–Crippen MR) is 73.9 cm³/mol. The first kappa shape index (κ1) is 13.2. The number of rotatable bonds is 6. The lowest BCUT2D eigenvalue weighted by Gasteiger charge is -2.08. The molecule has 2 aromatic rings. The molecular formula is C13H17N4O2+. The molecule has 6 heteroatoms. The van der Waals surface area contributed by atoms with Gasteiger partial charge in [-0.3, -0.25) is 15.1 Å². The van der Waals surface area contributed by atoms with Gasteiger partial charge < -0.3 is 11.1 Å². The number of quaternary nitrogens is 1. The van der Waals surface area contributed by atoms with Gasteiger partial charge in [-0.15, -0.1) is 0 Å². The van der Waals surface area contributed by atoms with Crippen LogP contribution in [0.25, 0.3) is 10.9 Å². The van der Waals surface area contributed by atoms with Crippen LogP contribution in [0, 0.1) is 10.1 Å². The summed E-state index contributed by atoms with van der Waals surface area (Å²) in [6, 6.07) is 6.68. The molecule has 0 spiro atoms. The Morgan fingerprint density at radius 1 is 1.32 bits per heavy atom. The molecule has 0 amide bonds. The summed E-state index contributed by atoms with van der Waals surface area (Å²) in [7, 11) is 0. The van der Waals surface area contributed by atoms with Crippen molar-refractivity contribution >= 4 is 22.3 Å². The van der Waals surface area contributed by atoms with Crippen molar-refractivity contribution in [3.05, 3.63) is 40.6 Å². The highest BCUT2D eigenvalue weighted by molar-refractivity contribution is 5.96. The minimum absolute atomic E-state index is 0.0893. The SMILES string of the molecule is [NH3+]CCCCNc1ccc([N+](=O)[O-])c2cccnc12. The number of benzene rings is 1. The molecule has 1 aromatic heterocycles. The fourth-order valence-electron chi connectivity index (χ4n) is 1.98. The Morgan fingerprint density at radius 3 is 2.89 bits per heavy atom. The summed E-state index contributed by atoms with van der Waals surface area (Å²) in [6.07, 6.45) is 3.73. The third-order valence-electron chi connectivity index (χ3n) is 2.94. The van der Waals surface area contributed by atoms with E-state index in [1.807, 2.05) is 0 Å². The van der Waals surface area contributed by atoms with Crippen molar-refractivity contribution in [1.29, 1.82) is 0 Å². The van der Waals surface area contributed by atoms with Gasteiger partial charge in [0, 0.05) is 18.8 Å². The van der Waals surface area contributed by atoms with Crippen LogP contribution in [0.4, 0.5) is 11.4 Å². The molecule has 0 unspecified atom stereocenters. The van der Waals surface area contributed by atoms with Crippen LogP contribution in [0.15, 0.2) is 30.5 Å². The highest BCUT2D eigenvalue weighted by Gasteiger charge is 2.14. The minimum atomic E-state index is -0.378. The molecule has 0 saturated carbocycles. The Kier molecular flexibility index (Phi) is 4.25. The van der Waals surface area contributed by atoms with E-state index < -0.39 is 0 Å². The normalized spacial score (nSPS) is 10.6. The van der Waals surface area contributed by atoms with Crippen molar-refractivity contribution in [2.24, 2.45) is 0 Å². The molecule has 0 atom stereocenters. The Balaban J connectivity index is 2.30. The van der Waals surface area contributed by atoms with Gasteiger partial charge in [0.25, 0.3) is 5.69 Å². The van der Waals surface area contributed by atoms with Gasteiger partial charge >= 0.3 is 0 Å². The van der Waals surface area contributed by atoms with Crippen LogP contribution < -0.4 is 11.1 Å². The number of non-ortho nitro benzene ring substituents is 1. The number of hydrogen-bond donors (Lipinski definition) is 2. The first-order valence-corrected chi connectivity index (χ1v) is 6.29. The van der Waals surface area contributed by atoms with E-state index in [4.69, 9.17) is 0 Å². The van der Waals surface area contributed by atoms with E-state index in [1.54, 1.807) is 24.4 Å². The molecule has 0 radical (unpaired) electrons. The molecule has 6 nitrogen and oxygen atoms in total. The summed E-state index contributed by atoms with van der Waals surface area (Å²) in [5.74, 6) is 0. The maximum Gasteiger partial charge on any atom is 0.278 e. The van der Waals surface area contributed by atoms with Gasteiger partial charge in [-0.2, -0.15) is 0 Å². The smallest absolute Gasteiger partial charge is 0.278 e. The van der Waals surface area contributed by atoms with E-state index in [1.165, 1.54) is 6.07 Å². The van der Waals surface area contributed by atoms with Crippen molar-refractivity contribution in [3.8, 4) is 0 Å². The number of fused-ring (bicyclic) bond motifs is 1. The summed E-state index contributed by atoms with van der Waals surface area (Å²) < 4.78 is 0. The molecule has 0 fully saturated rings. The van der Waals surface area contributed by atoms with Crippen LogP contribution in [0.2, 0.25) is 0 Å². The maximum absolute atomic E-state index is 11.0. The molecule has 2 rings (SSSR count). The van der Waals surface area contributed by atoms with Crippen molar-refractivity contribution in [3.63, 3.8) is 0 Å². The van der Waals surface area contributed by atoms with Gasteiger partial charge in [-0.1, -0.05) is 0 Å². The van der Waals surface area contributed by atoms with Crippen molar-refractivity contribution < 1.29 is 10.7 Å². The second-order valence-corrected chi connectivity index (χ2v) is 4.28. The lowest BCUT2D eigenvalue weighted by molar-refractivity contribution is -0.383. The van der Waals surface area contributed by atoms with E-state index in [0.717, 1.165) is 31.6 Å². The van der Waals surface area contributed by atoms with E-state index in [0.29, 0.717) is 10.9 Å². The van der Waals surface area contributed by atoms with E-state index >= 15 is 0 Å². The van der Waals surface area contributed by atoms with Gasteiger partial charge in [0.15, 0.2) is 0 Å². The van der Waals surface area contributed by atoms with Crippen LogP contribution in [-0.4, -0.2) is 23.0 Å². The number of anilines is 1. The molecule has 0 aliphatic heterocycles. The summed E-state index contributed by atoms with van der Waals surface area (Å²) in [5, 5.41) is 14.8. The van der Waals surface area contributed by atoms with Gasteiger partial charge in [0.1, 0.15) is 5.52 Å². The Morgan fingerprint density at radius 2 is 2.16 bits per heavy atom. The van der Waals surface area contributed by atoms with Gasteiger partial charge in [0.2, 0.25) is 0 Å². The number of nitrogens with one attached hydrogen (secondary N) is 1. The number of nitro groups is 1. The van der Waals surface area contributed by atoms with Crippen molar-refractivity contribution in [2.45, 2.75) is 12.8 Å². The number of nitro benzene ring substituents is 1. The van der Waals surface area contributed by atoms with Gasteiger partial charge in [-0.05, 0) is 31.0 Å². The Labute approximate surface area is 110 Å². The predicted octanol–water partition coefficient (Wildman–Crippen LogP) is 1.58. The monoisotopic (exact) mass is 261 g/mol.